The van der Waals surface area contributed by atoms with E-state index in [0.717, 1.165) is 16.4 Å². The molecule has 0 saturated heterocycles. The second-order valence-electron chi connectivity index (χ2n) is 5.34. The van der Waals surface area contributed by atoms with E-state index in [1.54, 1.807) is 12.1 Å². The smallest absolute Gasteiger partial charge is 0.266 e. The number of rotatable bonds is 7. The van der Waals surface area contributed by atoms with Gasteiger partial charge in [0.2, 0.25) is 0 Å². The molecular formula is C20H19IN2O2. The van der Waals surface area contributed by atoms with E-state index in [9.17, 15) is 10.1 Å². The largest absolute Gasteiger partial charge is 0.493 e. The zero-order valence-corrected chi connectivity index (χ0v) is 16.1. The minimum atomic E-state index is -0.435. The molecule has 2 aromatic rings. The van der Waals surface area contributed by atoms with Gasteiger partial charge in [0.1, 0.15) is 17.4 Å². The number of carbonyl (C=O) groups is 1. The molecule has 5 heteroatoms. The zero-order valence-electron chi connectivity index (χ0n) is 14.0. The van der Waals surface area contributed by atoms with Crippen LogP contribution in [0.25, 0.3) is 6.08 Å². The Morgan fingerprint density at radius 3 is 2.68 bits per heavy atom. The maximum atomic E-state index is 12.4. The van der Waals surface area contributed by atoms with E-state index in [-0.39, 0.29) is 5.57 Å². The molecular weight excluding hydrogens is 427 g/mol. The summed E-state index contributed by atoms with van der Waals surface area (Å²) < 4.78 is 6.66. The number of anilines is 1. The van der Waals surface area contributed by atoms with Gasteiger partial charge in [0.15, 0.2) is 0 Å². The van der Waals surface area contributed by atoms with Crippen LogP contribution in [-0.4, -0.2) is 12.5 Å². The van der Waals surface area contributed by atoms with Crippen molar-refractivity contribution in [3.05, 3.63) is 63.2 Å². The van der Waals surface area contributed by atoms with Gasteiger partial charge in [-0.25, -0.2) is 0 Å². The van der Waals surface area contributed by atoms with Crippen LogP contribution in [-0.2, 0) is 4.79 Å². The van der Waals surface area contributed by atoms with Crippen molar-refractivity contribution in [2.45, 2.75) is 19.8 Å². The van der Waals surface area contributed by atoms with Crippen molar-refractivity contribution in [2.75, 3.05) is 11.9 Å². The fourth-order valence-electron chi connectivity index (χ4n) is 2.11. The lowest BCUT2D eigenvalue weighted by Crippen LogP contribution is -2.14. The Morgan fingerprint density at radius 2 is 1.96 bits per heavy atom. The molecule has 0 aliphatic heterocycles. The molecule has 0 bridgehead atoms. The highest BCUT2D eigenvalue weighted by Gasteiger charge is 2.12. The van der Waals surface area contributed by atoms with E-state index in [2.05, 4.69) is 34.8 Å². The Kier molecular flexibility index (Phi) is 7.48. The molecule has 25 heavy (non-hydrogen) atoms. The SMILES string of the molecule is CCCCOc1ccccc1/C=C(/C#N)C(=O)Nc1ccccc1I. The predicted molar refractivity (Wildman–Crippen MR) is 108 cm³/mol. The summed E-state index contributed by atoms with van der Waals surface area (Å²) in [7, 11) is 0. The number of amides is 1. The first kappa shape index (κ1) is 19.0. The Balaban J connectivity index is 2.21. The number of carbonyl (C=O) groups excluding carboxylic acids is 1. The van der Waals surface area contributed by atoms with Crippen molar-refractivity contribution in [1.82, 2.24) is 0 Å². The van der Waals surface area contributed by atoms with Crippen molar-refractivity contribution in [1.29, 1.82) is 5.26 Å². The topological polar surface area (TPSA) is 62.1 Å². The molecule has 2 rings (SSSR count). The number of halogens is 1. The molecule has 0 saturated carbocycles. The lowest BCUT2D eigenvalue weighted by atomic mass is 10.1. The molecule has 0 heterocycles. The van der Waals surface area contributed by atoms with Crippen molar-refractivity contribution < 1.29 is 9.53 Å². The molecule has 0 spiro atoms. The Morgan fingerprint density at radius 1 is 1.24 bits per heavy atom. The van der Waals surface area contributed by atoms with Crippen LogP contribution in [0, 0.1) is 14.9 Å². The van der Waals surface area contributed by atoms with Gasteiger partial charge in [0.05, 0.1) is 12.3 Å². The van der Waals surface area contributed by atoms with Crippen LogP contribution in [0.2, 0.25) is 0 Å². The molecule has 0 aliphatic carbocycles. The Labute approximate surface area is 161 Å². The average molecular weight is 446 g/mol. The van der Waals surface area contributed by atoms with Crippen molar-refractivity contribution in [3.63, 3.8) is 0 Å². The number of unbranched alkanes of at least 4 members (excludes halogenated alkanes) is 1. The lowest BCUT2D eigenvalue weighted by molar-refractivity contribution is -0.112. The fourth-order valence-corrected chi connectivity index (χ4v) is 2.64. The number of hydrogen-bond donors (Lipinski definition) is 1. The molecule has 1 amide bonds. The van der Waals surface area contributed by atoms with Gasteiger partial charge in [0.25, 0.3) is 5.91 Å². The lowest BCUT2D eigenvalue weighted by Gasteiger charge is -2.09. The van der Waals surface area contributed by atoms with Gasteiger partial charge in [-0.1, -0.05) is 43.7 Å². The summed E-state index contributed by atoms with van der Waals surface area (Å²) in [5, 5.41) is 12.2. The molecule has 1 N–H and O–H groups in total. The summed E-state index contributed by atoms with van der Waals surface area (Å²) >= 11 is 2.14. The Bertz CT molecular complexity index is 809. The summed E-state index contributed by atoms with van der Waals surface area (Å²) in [6.45, 7) is 2.70. The molecule has 0 radical (unpaired) electrons. The van der Waals surface area contributed by atoms with E-state index in [1.807, 2.05) is 48.5 Å². The first-order valence-electron chi connectivity index (χ1n) is 8.05. The van der Waals surface area contributed by atoms with E-state index >= 15 is 0 Å². The van der Waals surface area contributed by atoms with Crippen molar-refractivity contribution >= 4 is 40.3 Å². The van der Waals surface area contributed by atoms with Gasteiger partial charge < -0.3 is 10.1 Å². The van der Waals surface area contributed by atoms with Crippen molar-refractivity contribution in [2.24, 2.45) is 0 Å². The minimum Gasteiger partial charge on any atom is -0.493 e. The van der Waals surface area contributed by atoms with Crippen LogP contribution in [0.15, 0.2) is 54.1 Å². The van der Waals surface area contributed by atoms with Gasteiger partial charge in [-0.3, -0.25) is 4.79 Å². The van der Waals surface area contributed by atoms with Crippen LogP contribution in [0.3, 0.4) is 0 Å². The first-order chi connectivity index (χ1) is 12.2. The molecule has 0 unspecified atom stereocenters. The molecule has 0 atom stereocenters. The summed E-state index contributed by atoms with van der Waals surface area (Å²) in [5.41, 5.74) is 1.43. The third kappa shape index (κ3) is 5.61. The highest BCUT2D eigenvalue weighted by molar-refractivity contribution is 14.1. The van der Waals surface area contributed by atoms with E-state index in [1.165, 1.54) is 0 Å². The van der Waals surface area contributed by atoms with Crippen LogP contribution >= 0.6 is 22.6 Å². The van der Waals surface area contributed by atoms with Gasteiger partial charge in [-0.05, 0) is 53.3 Å². The number of hydrogen-bond acceptors (Lipinski definition) is 3. The highest BCUT2D eigenvalue weighted by atomic mass is 127. The van der Waals surface area contributed by atoms with E-state index in [0.29, 0.717) is 23.6 Å². The summed E-state index contributed by atoms with van der Waals surface area (Å²) in [6, 6.07) is 16.8. The number of nitrogens with zero attached hydrogens (tertiary/aromatic N) is 1. The molecule has 128 valence electrons. The van der Waals surface area contributed by atoms with E-state index < -0.39 is 5.91 Å². The van der Waals surface area contributed by atoms with Crippen LogP contribution in [0.1, 0.15) is 25.3 Å². The molecule has 4 nitrogen and oxygen atoms in total. The number of benzene rings is 2. The molecule has 2 aromatic carbocycles. The Hall–Kier alpha value is -2.33. The second-order valence-corrected chi connectivity index (χ2v) is 6.51. The van der Waals surface area contributed by atoms with Gasteiger partial charge in [0, 0.05) is 9.13 Å². The fraction of sp³-hybridized carbons (Fsp3) is 0.200. The number of nitriles is 1. The average Bonchev–Trinajstić information content (AvgIpc) is 2.63. The minimum absolute atomic E-state index is 0.0335. The standard InChI is InChI=1S/C20H19IN2O2/c1-2-3-12-25-19-11-7-4-8-15(19)13-16(14-22)20(24)23-18-10-6-5-9-17(18)21/h4-11,13H,2-3,12H2,1H3,(H,23,24)/b16-13-. The van der Waals surface area contributed by atoms with Crippen LogP contribution in [0.5, 0.6) is 5.75 Å². The van der Waals surface area contributed by atoms with Crippen LogP contribution in [0.4, 0.5) is 5.69 Å². The molecule has 0 aliphatic rings. The zero-order chi connectivity index (χ0) is 18.1. The normalized spacial score (nSPS) is 10.8. The maximum absolute atomic E-state index is 12.4. The number of ether oxygens (including phenoxy) is 1. The summed E-state index contributed by atoms with van der Waals surface area (Å²) in [5.74, 6) is 0.237. The second kappa shape index (κ2) is 9.84. The quantitative estimate of drug-likeness (QED) is 0.281. The van der Waals surface area contributed by atoms with Crippen LogP contribution < -0.4 is 10.1 Å². The summed E-state index contributed by atoms with van der Waals surface area (Å²) in [4.78, 5) is 12.4. The number of para-hydroxylation sites is 2. The van der Waals surface area contributed by atoms with Gasteiger partial charge in [-0.15, -0.1) is 0 Å². The highest BCUT2D eigenvalue weighted by Crippen LogP contribution is 2.22. The van der Waals surface area contributed by atoms with Gasteiger partial charge in [-0.2, -0.15) is 5.26 Å². The monoisotopic (exact) mass is 446 g/mol. The molecule has 0 fully saturated rings. The van der Waals surface area contributed by atoms with Gasteiger partial charge >= 0.3 is 0 Å². The number of nitrogens with one attached hydrogen (secondary N) is 1. The van der Waals surface area contributed by atoms with E-state index in [4.69, 9.17) is 4.74 Å². The maximum Gasteiger partial charge on any atom is 0.266 e. The molecule has 0 aromatic heterocycles. The third-order valence-electron chi connectivity index (χ3n) is 3.46. The predicted octanol–water partition coefficient (Wildman–Crippen LogP) is 5.02. The summed E-state index contributed by atoms with van der Waals surface area (Å²) in [6.07, 6.45) is 3.56. The first-order valence-corrected chi connectivity index (χ1v) is 9.13. The third-order valence-corrected chi connectivity index (χ3v) is 4.40. The van der Waals surface area contributed by atoms with Crippen molar-refractivity contribution in [3.8, 4) is 11.8 Å².